The molecule has 0 aliphatic heterocycles. The Morgan fingerprint density at radius 2 is 1.83 bits per heavy atom. The lowest BCUT2D eigenvalue weighted by molar-refractivity contribution is -0.116. The highest BCUT2D eigenvalue weighted by Crippen LogP contribution is 2.13. The average Bonchev–Trinajstić information content (AvgIpc) is 2.58. The van der Waals surface area contributed by atoms with Crippen LogP contribution in [0.25, 0.3) is 6.08 Å². The summed E-state index contributed by atoms with van der Waals surface area (Å²) in [5, 5.41) is 2.87. The Hall–Kier alpha value is -2.81. The maximum absolute atomic E-state index is 11.8. The fourth-order valence-electron chi connectivity index (χ4n) is 1.96. The molecule has 0 aliphatic carbocycles. The second-order valence-electron chi connectivity index (χ2n) is 5.21. The van der Waals surface area contributed by atoms with E-state index in [9.17, 15) is 4.79 Å². The minimum Gasteiger partial charge on any atom is -0.490 e. The molecule has 1 amide bonds. The van der Waals surface area contributed by atoms with Crippen molar-refractivity contribution in [2.24, 2.45) is 0 Å². The Labute approximate surface area is 137 Å². The molecular weight excluding hydrogens is 286 g/mol. The molecule has 0 spiro atoms. The molecule has 0 radical (unpaired) electrons. The van der Waals surface area contributed by atoms with E-state index in [0.29, 0.717) is 13.2 Å². The first kappa shape index (κ1) is 16.6. The third-order valence-electron chi connectivity index (χ3n) is 3.26. The second-order valence-corrected chi connectivity index (χ2v) is 5.21. The van der Waals surface area contributed by atoms with Crippen molar-refractivity contribution in [3.05, 3.63) is 84.0 Å². The molecule has 3 nitrogen and oxygen atoms in total. The molecule has 118 valence electrons. The molecule has 2 aromatic rings. The van der Waals surface area contributed by atoms with E-state index in [1.807, 2.05) is 55.5 Å². The molecule has 23 heavy (non-hydrogen) atoms. The third kappa shape index (κ3) is 5.83. The fourth-order valence-corrected chi connectivity index (χ4v) is 1.96. The monoisotopic (exact) mass is 307 g/mol. The lowest BCUT2D eigenvalue weighted by atomic mass is 10.1. The third-order valence-corrected chi connectivity index (χ3v) is 3.26. The van der Waals surface area contributed by atoms with Crippen molar-refractivity contribution in [3.8, 4) is 5.75 Å². The van der Waals surface area contributed by atoms with Crippen LogP contribution < -0.4 is 10.1 Å². The van der Waals surface area contributed by atoms with E-state index in [1.54, 1.807) is 12.2 Å². The maximum Gasteiger partial charge on any atom is 0.244 e. The topological polar surface area (TPSA) is 38.3 Å². The summed E-state index contributed by atoms with van der Waals surface area (Å²) in [5.74, 6) is 0.670. The van der Waals surface area contributed by atoms with Crippen LogP contribution in [0.5, 0.6) is 5.75 Å². The van der Waals surface area contributed by atoms with Crippen LogP contribution in [-0.2, 0) is 11.3 Å². The summed E-state index contributed by atoms with van der Waals surface area (Å²) >= 11 is 0. The first-order valence-electron chi connectivity index (χ1n) is 7.52. The van der Waals surface area contributed by atoms with Gasteiger partial charge in [-0.3, -0.25) is 4.79 Å². The lowest BCUT2D eigenvalue weighted by Gasteiger charge is -2.04. The van der Waals surface area contributed by atoms with Crippen LogP contribution in [0.15, 0.2) is 67.3 Å². The van der Waals surface area contributed by atoms with Crippen LogP contribution in [-0.4, -0.2) is 12.5 Å². The van der Waals surface area contributed by atoms with Crippen LogP contribution >= 0.6 is 0 Å². The Kier molecular flexibility index (Phi) is 6.18. The van der Waals surface area contributed by atoms with Crippen LogP contribution in [0.3, 0.4) is 0 Å². The summed E-state index contributed by atoms with van der Waals surface area (Å²) in [6, 6.07) is 15.6. The Morgan fingerprint density at radius 3 is 2.48 bits per heavy atom. The van der Waals surface area contributed by atoms with Crippen molar-refractivity contribution in [1.29, 1.82) is 0 Å². The largest absolute Gasteiger partial charge is 0.490 e. The van der Waals surface area contributed by atoms with Gasteiger partial charge in [0.1, 0.15) is 12.4 Å². The van der Waals surface area contributed by atoms with Gasteiger partial charge in [0.15, 0.2) is 0 Å². The van der Waals surface area contributed by atoms with Gasteiger partial charge in [0.25, 0.3) is 0 Å². The predicted octanol–water partition coefficient (Wildman–Crippen LogP) is 3.89. The minimum absolute atomic E-state index is 0.113. The van der Waals surface area contributed by atoms with Gasteiger partial charge in [-0.05, 0) is 36.3 Å². The van der Waals surface area contributed by atoms with Crippen molar-refractivity contribution < 1.29 is 9.53 Å². The first-order valence-corrected chi connectivity index (χ1v) is 7.52. The van der Waals surface area contributed by atoms with Gasteiger partial charge in [0.05, 0.1) is 0 Å². The smallest absolute Gasteiger partial charge is 0.244 e. The molecule has 0 atom stereocenters. The number of carbonyl (C=O) groups is 1. The van der Waals surface area contributed by atoms with Crippen molar-refractivity contribution in [2.75, 3.05) is 6.61 Å². The van der Waals surface area contributed by atoms with Gasteiger partial charge in [0, 0.05) is 12.6 Å². The summed E-state index contributed by atoms with van der Waals surface area (Å²) in [6.07, 6.45) is 5.02. The summed E-state index contributed by atoms with van der Waals surface area (Å²) in [6.45, 7) is 6.65. The van der Waals surface area contributed by atoms with Gasteiger partial charge in [0.2, 0.25) is 5.91 Å². The van der Waals surface area contributed by atoms with E-state index >= 15 is 0 Å². The number of nitrogens with one attached hydrogen (secondary N) is 1. The summed E-state index contributed by atoms with van der Waals surface area (Å²) < 4.78 is 5.41. The quantitative estimate of drug-likeness (QED) is 0.622. The zero-order chi connectivity index (χ0) is 16.5. The van der Waals surface area contributed by atoms with Gasteiger partial charge < -0.3 is 10.1 Å². The van der Waals surface area contributed by atoms with Gasteiger partial charge in [-0.2, -0.15) is 0 Å². The summed E-state index contributed by atoms with van der Waals surface area (Å²) in [7, 11) is 0. The molecule has 0 unspecified atom stereocenters. The van der Waals surface area contributed by atoms with Gasteiger partial charge >= 0.3 is 0 Å². The molecule has 0 fully saturated rings. The highest BCUT2D eigenvalue weighted by atomic mass is 16.5. The van der Waals surface area contributed by atoms with E-state index < -0.39 is 0 Å². The number of aryl methyl sites for hydroxylation is 1. The van der Waals surface area contributed by atoms with Crippen molar-refractivity contribution >= 4 is 12.0 Å². The standard InChI is InChI=1S/C20H21NO2/c1-3-14-23-19-11-8-17(9-12-19)10-13-20(22)21-15-18-6-4-16(2)5-7-18/h3-13H,1,14-15H2,2H3,(H,21,22)/b13-10+. The number of hydrogen-bond donors (Lipinski definition) is 1. The average molecular weight is 307 g/mol. The van der Waals surface area contributed by atoms with Crippen molar-refractivity contribution in [1.82, 2.24) is 5.32 Å². The van der Waals surface area contributed by atoms with Crippen LogP contribution in [0.2, 0.25) is 0 Å². The van der Waals surface area contributed by atoms with E-state index in [2.05, 4.69) is 11.9 Å². The van der Waals surface area contributed by atoms with E-state index in [-0.39, 0.29) is 5.91 Å². The normalized spacial score (nSPS) is 10.5. The zero-order valence-electron chi connectivity index (χ0n) is 13.3. The van der Waals surface area contributed by atoms with E-state index in [4.69, 9.17) is 4.74 Å². The molecule has 0 heterocycles. The molecule has 0 saturated heterocycles. The van der Waals surface area contributed by atoms with E-state index in [0.717, 1.165) is 16.9 Å². The molecule has 3 heteroatoms. The zero-order valence-corrected chi connectivity index (χ0v) is 13.3. The van der Waals surface area contributed by atoms with E-state index in [1.165, 1.54) is 11.6 Å². The Bertz CT molecular complexity index is 670. The molecular formula is C20H21NO2. The number of rotatable bonds is 7. The van der Waals surface area contributed by atoms with Crippen LogP contribution in [0.4, 0.5) is 0 Å². The summed E-state index contributed by atoms with van der Waals surface area (Å²) in [5.41, 5.74) is 3.24. The highest BCUT2D eigenvalue weighted by molar-refractivity contribution is 5.91. The van der Waals surface area contributed by atoms with Gasteiger partial charge in [-0.15, -0.1) is 0 Å². The molecule has 0 bridgehead atoms. The SMILES string of the molecule is C=CCOc1ccc(/C=C/C(=O)NCc2ccc(C)cc2)cc1. The van der Waals surface area contributed by atoms with Gasteiger partial charge in [-0.1, -0.05) is 54.6 Å². The Balaban J connectivity index is 1.83. The first-order chi connectivity index (χ1) is 11.2. The molecule has 0 saturated carbocycles. The van der Waals surface area contributed by atoms with Crippen molar-refractivity contribution in [2.45, 2.75) is 13.5 Å². The molecule has 0 aliphatic rings. The minimum atomic E-state index is -0.113. The van der Waals surface area contributed by atoms with Crippen LogP contribution in [0, 0.1) is 6.92 Å². The number of ether oxygens (including phenoxy) is 1. The number of carbonyl (C=O) groups excluding carboxylic acids is 1. The molecule has 1 N–H and O–H groups in total. The second kappa shape index (κ2) is 8.59. The van der Waals surface area contributed by atoms with Gasteiger partial charge in [-0.25, -0.2) is 0 Å². The molecule has 2 aromatic carbocycles. The summed E-state index contributed by atoms with van der Waals surface area (Å²) in [4.78, 5) is 11.8. The van der Waals surface area contributed by atoms with Crippen molar-refractivity contribution in [3.63, 3.8) is 0 Å². The van der Waals surface area contributed by atoms with Crippen LogP contribution in [0.1, 0.15) is 16.7 Å². The predicted molar refractivity (Wildman–Crippen MR) is 94.2 cm³/mol. The lowest BCUT2D eigenvalue weighted by Crippen LogP contribution is -2.20. The molecule has 0 aromatic heterocycles. The maximum atomic E-state index is 11.8. The number of hydrogen-bond acceptors (Lipinski definition) is 2. The number of benzene rings is 2. The Morgan fingerprint density at radius 1 is 1.13 bits per heavy atom. The highest BCUT2D eigenvalue weighted by Gasteiger charge is 1.97. The number of amides is 1. The fraction of sp³-hybridized carbons (Fsp3) is 0.150. The molecule has 2 rings (SSSR count).